The Kier molecular flexibility index (Phi) is 5.66. The number of allylic oxidation sites excluding steroid dienone is 1. The summed E-state index contributed by atoms with van der Waals surface area (Å²) in [7, 11) is 0. The average molecular weight is 273 g/mol. The van der Waals surface area contributed by atoms with Crippen LogP contribution in [0.5, 0.6) is 5.75 Å². The lowest BCUT2D eigenvalue weighted by Gasteiger charge is -2.26. The van der Waals surface area contributed by atoms with Gasteiger partial charge in [0.1, 0.15) is 5.75 Å². The van der Waals surface area contributed by atoms with Crippen molar-refractivity contribution in [2.45, 2.75) is 58.4 Å². The number of benzene rings is 1. The van der Waals surface area contributed by atoms with E-state index in [2.05, 4.69) is 25.2 Å². The van der Waals surface area contributed by atoms with Gasteiger partial charge >= 0.3 is 0 Å². The molecule has 20 heavy (non-hydrogen) atoms. The highest BCUT2D eigenvalue weighted by Gasteiger charge is 2.16. The summed E-state index contributed by atoms with van der Waals surface area (Å²) in [6, 6.07) is 6.42. The molecule has 1 fully saturated rings. The maximum atomic E-state index is 9.73. The second-order valence-corrected chi connectivity index (χ2v) is 5.85. The number of hydrogen-bond acceptors (Lipinski definition) is 2. The molecule has 110 valence electrons. The molecule has 0 unspecified atom stereocenters. The van der Waals surface area contributed by atoms with Gasteiger partial charge in [-0.2, -0.15) is 0 Å². The van der Waals surface area contributed by atoms with Crippen molar-refractivity contribution in [3.8, 4) is 5.75 Å². The molecule has 2 heteroatoms. The van der Waals surface area contributed by atoms with Crippen LogP contribution in [0.25, 0.3) is 5.57 Å². The third-order valence-electron chi connectivity index (χ3n) is 4.18. The van der Waals surface area contributed by atoms with E-state index in [1.807, 2.05) is 12.1 Å². The first-order valence-electron chi connectivity index (χ1n) is 7.93. The highest BCUT2D eigenvalue weighted by molar-refractivity contribution is 5.69. The fourth-order valence-electron chi connectivity index (χ4n) is 2.64. The van der Waals surface area contributed by atoms with Crippen molar-refractivity contribution in [2.75, 3.05) is 6.54 Å². The molecule has 1 aromatic carbocycles. The highest BCUT2D eigenvalue weighted by Crippen LogP contribution is 2.27. The summed E-state index contributed by atoms with van der Waals surface area (Å²) in [6.45, 7) is 5.36. The molecule has 1 aromatic rings. The summed E-state index contributed by atoms with van der Waals surface area (Å²) in [5, 5.41) is 13.4. The Morgan fingerprint density at radius 1 is 1.40 bits per heavy atom. The van der Waals surface area contributed by atoms with Gasteiger partial charge in [0.05, 0.1) is 0 Å². The summed E-state index contributed by atoms with van der Waals surface area (Å²) >= 11 is 0. The Morgan fingerprint density at radius 2 is 2.20 bits per heavy atom. The van der Waals surface area contributed by atoms with E-state index in [1.165, 1.54) is 36.0 Å². The monoisotopic (exact) mass is 273 g/mol. The zero-order valence-corrected chi connectivity index (χ0v) is 12.8. The molecular weight excluding hydrogens is 246 g/mol. The normalized spacial score (nSPS) is 16.2. The number of phenolic OH excluding ortho intramolecular Hbond substituents is 1. The SMILES string of the molecule is CCC/C=C(/CCNC1CCC1)c1cc(O)ccc1C. The largest absolute Gasteiger partial charge is 0.508 e. The molecule has 0 aliphatic heterocycles. The van der Waals surface area contributed by atoms with Gasteiger partial charge in [0.2, 0.25) is 0 Å². The number of hydrogen-bond donors (Lipinski definition) is 2. The first-order chi connectivity index (χ1) is 9.70. The number of aryl methyl sites for hydroxylation is 1. The van der Waals surface area contributed by atoms with Crippen LogP contribution in [0.2, 0.25) is 0 Å². The predicted molar refractivity (Wildman–Crippen MR) is 86.0 cm³/mol. The lowest BCUT2D eigenvalue weighted by molar-refractivity contribution is 0.343. The van der Waals surface area contributed by atoms with Gasteiger partial charge in [-0.25, -0.2) is 0 Å². The van der Waals surface area contributed by atoms with Gasteiger partial charge in [-0.15, -0.1) is 0 Å². The summed E-state index contributed by atoms with van der Waals surface area (Å²) in [5.74, 6) is 0.361. The van der Waals surface area contributed by atoms with Crippen LogP contribution in [-0.4, -0.2) is 17.7 Å². The molecule has 0 bridgehead atoms. The molecule has 0 saturated heterocycles. The second kappa shape index (κ2) is 7.49. The number of rotatable bonds is 7. The topological polar surface area (TPSA) is 32.3 Å². The Bertz CT molecular complexity index is 460. The Labute approximate surface area is 122 Å². The Hall–Kier alpha value is -1.28. The molecule has 0 aromatic heterocycles. The van der Waals surface area contributed by atoms with E-state index < -0.39 is 0 Å². The fourth-order valence-corrected chi connectivity index (χ4v) is 2.64. The summed E-state index contributed by atoms with van der Waals surface area (Å²) in [4.78, 5) is 0. The summed E-state index contributed by atoms with van der Waals surface area (Å²) in [5.41, 5.74) is 3.81. The van der Waals surface area contributed by atoms with E-state index in [1.54, 1.807) is 6.07 Å². The lowest BCUT2D eigenvalue weighted by atomic mass is 9.92. The van der Waals surface area contributed by atoms with Gasteiger partial charge in [-0.1, -0.05) is 31.9 Å². The predicted octanol–water partition coefficient (Wildman–Crippen LogP) is 4.42. The second-order valence-electron chi connectivity index (χ2n) is 5.85. The van der Waals surface area contributed by atoms with Crippen LogP contribution >= 0.6 is 0 Å². The molecule has 1 aliphatic rings. The standard InChI is InChI=1S/C18H27NO/c1-3-4-6-15(11-12-19-16-7-5-8-16)18-13-17(20)10-9-14(18)2/h6,9-10,13,16,19-20H,3-5,7-8,11-12H2,1-2H3/b15-6-. The lowest BCUT2D eigenvalue weighted by Crippen LogP contribution is -2.35. The summed E-state index contributed by atoms with van der Waals surface area (Å²) in [6.07, 6.45) is 9.69. The van der Waals surface area contributed by atoms with Crippen molar-refractivity contribution in [1.82, 2.24) is 5.32 Å². The Balaban J connectivity index is 2.03. The van der Waals surface area contributed by atoms with E-state index >= 15 is 0 Å². The summed E-state index contributed by atoms with van der Waals surface area (Å²) < 4.78 is 0. The van der Waals surface area contributed by atoms with E-state index in [4.69, 9.17) is 0 Å². The molecule has 0 atom stereocenters. The Morgan fingerprint density at radius 3 is 2.85 bits per heavy atom. The zero-order chi connectivity index (χ0) is 14.4. The van der Waals surface area contributed by atoms with Gasteiger partial charge in [-0.3, -0.25) is 0 Å². The minimum atomic E-state index is 0.361. The van der Waals surface area contributed by atoms with Gasteiger partial charge in [0, 0.05) is 6.04 Å². The minimum absolute atomic E-state index is 0.361. The molecule has 2 rings (SSSR count). The van der Waals surface area contributed by atoms with E-state index in [9.17, 15) is 5.11 Å². The molecule has 0 amide bonds. The molecule has 0 spiro atoms. The number of aromatic hydroxyl groups is 1. The zero-order valence-electron chi connectivity index (χ0n) is 12.8. The highest BCUT2D eigenvalue weighted by atomic mass is 16.3. The van der Waals surface area contributed by atoms with Gasteiger partial charge < -0.3 is 10.4 Å². The van der Waals surface area contributed by atoms with Crippen molar-refractivity contribution in [3.05, 3.63) is 35.4 Å². The van der Waals surface area contributed by atoms with Gasteiger partial charge in [-0.05, 0) is 68.0 Å². The molecule has 2 nitrogen and oxygen atoms in total. The van der Waals surface area contributed by atoms with Crippen LogP contribution in [0.15, 0.2) is 24.3 Å². The molecular formula is C18H27NO. The van der Waals surface area contributed by atoms with Gasteiger partial charge in [0.25, 0.3) is 0 Å². The van der Waals surface area contributed by atoms with E-state index in [0.29, 0.717) is 5.75 Å². The first kappa shape index (κ1) is 15.1. The number of unbranched alkanes of at least 4 members (excludes halogenated alkanes) is 1. The van der Waals surface area contributed by atoms with Crippen LogP contribution in [0.4, 0.5) is 0 Å². The fraction of sp³-hybridized carbons (Fsp3) is 0.556. The number of phenols is 1. The molecule has 1 aliphatic carbocycles. The van der Waals surface area contributed by atoms with Crippen LogP contribution in [0.3, 0.4) is 0 Å². The van der Waals surface area contributed by atoms with E-state index in [-0.39, 0.29) is 0 Å². The van der Waals surface area contributed by atoms with Crippen LogP contribution < -0.4 is 5.32 Å². The smallest absolute Gasteiger partial charge is 0.116 e. The van der Waals surface area contributed by atoms with Crippen LogP contribution in [0, 0.1) is 6.92 Å². The maximum Gasteiger partial charge on any atom is 0.116 e. The van der Waals surface area contributed by atoms with Crippen molar-refractivity contribution in [3.63, 3.8) is 0 Å². The van der Waals surface area contributed by atoms with Crippen molar-refractivity contribution < 1.29 is 5.11 Å². The minimum Gasteiger partial charge on any atom is -0.508 e. The third-order valence-corrected chi connectivity index (χ3v) is 4.18. The van der Waals surface area contributed by atoms with Crippen molar-refractivity contribution >= 4 is 5.57 Å². The molecule has 2 N–H and O–H groups in total. The van der Waals surface area contributed by atoms with E-state index in [0.717, 1.165) is 31.8 Å². The molecule has 0 radical (unpaired) electrons. The van der Waals surface area contributed by atoms with Crippen LogP contribution in [0.1, 0.15) is 56.6 Å². The number of nitrogens with one attached hydrogen (secondary N) is 1. The first-order valence-corrected chi connectivity index (χ1v) is 7.93. The average Bonchev–Trinajstić information content (AvgIpc) is 2.39. The van der Waals surface area contributed by atoms with Crippen LogP contribution in [-0.2, 0) is 0 Å². The maximum absolute atomic E-state index is 9.73. The molecule has 0 heterocycles. The molecule has 1 saturated carbocycles. The third kappa shape index (κ3) is 4.11. The van der Waals surface area contributed by atoms with Gasteiger partial charge in [0.15, 0.2) is 0 Å². The van der Waals surface area contributed by atoms with Crippen molar-refractivity contribution in [2.24, 2.45) is 0 Å². The quantitative estimate of drug-likeness (QED) is 0.771. The van der Waals surface area contributed by atoms with Crippen molar-refractivity contribution in [1.29, 1.82) is 0 Å².